The number of aryl methyl sites for hydroxylation is 1. The van der Waals surface area contributed by atoms with Crippen LogP contribution in [-0.4, -0.2) is 79.4 Å². The standard InChI is InChI=1S/C36H46N6O2/c1-44-24-8-19-42-34-13-6-5-12-33(34)38-36(42)29-9-7-18-41(27-29)35(43)26-30(37)25-28-14-16-32(17-15-28)40-22-20-39(21-23-40)31-10-3-2-4-11-31/h2-6,10-17,29-30H,7-9,18-27,37H2,1H3/t29-,30-/m1/s1. The molecule has 1 amide bonds. The van der Waals surface area contributed by atoms with Crippen LogP contribution in [0.15, 0.2) is 78.9 Å². The Morgan fingerprint density at radius 3 is 2.32 bits per heavy atom. The molecule has 1 aromatic heterocycles. The number of methoxy groups -OCH3 is 1. The molecular formula is C36H46N6O2. The fourth-order valence-electron chi connectivity index (χ4n) is 6.86. The number of hydrogen-bond acceptors (Lipinski definition) is 6. The number of fused-ring (bicyclic) bond motifs is 1. The number of imidazole rings is 1. The number of benzene rings is 3. The van der Waals surface area contributed by atoms with E-state index in [1.807, 2.05) is 11.0 Å². The van der Waals surface area contributed by atoms with Crippen LogP contribution in [-0.2, 0) is 22.5 Å². The Labute approximate surface area is 261 Å². The first kappa shape index (κ1) is 30.2. The summed E-state index contributed by atoms with van der Waals surface area (Å²) in [6.45, 7) is 7.11. The van der Waals surface area contributed by atoms with Crippen LogP contribution in [0.25, 0.3) is 11.0 Å². The molecule has 0 bridgehead atoms. The summed E-state index contributed by atoms with van der Waals surface area (Å²) < 4.78 is 7.65. The summed E-state index contributed by atoms with van der Waals surface area (Å²) in [5.74, 6) is 1.46. The summed E-state index contributed by atoms with van der Waals surface area (Å²) in [6.07, 6.45) is 4.01. The summed E-state index contributed by atoms with van der Waals surface area (Å²) in [6, 6.07) is 27.5. The third-order valence-corrected chi connectivity index (χ3v) is 9.19. The minimum atomic E-state index is -0.207. The van der Waals surface area contributed by atoms with Crippen LogP contribution in [0.1, 0.15) is 43.0 Å². The van der Waals surface area contributed by atoms with Gasteiger partial charge in [0.1, 0.15) is 5.82 Å². The zero-order chi connectivity index (χ0) is 30.3. The fourth-order valence-corrected chi connectivity index (χ4v) is 6.86. The second-order valence-corrected chi connectivity index (χ2v) is 12.3. The summed E-state index contributed by atoms with van der Waals surface area (Å²) in [4.78, 5) is 25.4. The quantitative estimate of drug-likeness (QED) is 0.245. The van der Waals surface area contributed by atoms with E-state index in [1.54, 1.807) is 7.11 Å². The maximum absolute atomic E-state index is 13.4. The van der Waals surface area contributed by atoms with Gasteiger partial charge in [-0.3, -0.25) is 4.79 Å². The van der Waals surface area contributed by atoms with Gasteiger partial charge in [0, 0.05) is 89.3 Å². The Kier molecular flexibility index (Phi) is 9.78. The summed E-state index contributed by atoms with van der Waals surface area (Å²) in [7, 11) is 1.74. The lowest BCUT2D eigenvalue weighted by Crippen LogP contribution is -2.46. The first-order valence-electron chi connectivity index (χ1n) is 16.2. The van der Waals surface area contributed by atoms with E-state index in [9.17, 15) is 4.79 Å². The molecule has 0 radical (unpaired) electrons. The number of para-hydroxylation sites is 3. The van der Waals surface area contributed by atoms with Gasteiger partial charge in [0.2, 0.25) is 5.91 Å². The molecule has 2 N–H and O–H groups in total. The van der Waals surface area contributed by atoms with E-state index >= 15 is 0 Å². The lowest BCUT2D eigenvalue weighted by atomic mass is 9.96. The largest absolute Gasteiger partial charge is 0.385 e. The molecular weight excluding hydrogens is 548 g/mol. The predicted molar refractivity (Wildman–Crippen MR) is 178 cm³/mol. The number of carbonyl (C=O) groups is 1. The van der Waals surface area contributed by atoms with Crippen LogP contribution in [0.4, 0.5) is 11.4 Å². The molecule has 0 saturated carbocycles. The molecule has 0 spiro atoms. The molecule has 6 rings (SSSR count). The van der Waals surface area contributed by atoms with Crippen molar-refractivity contribution in [2.24, 2.45) is 5.73 Å². The average Bonchev–Trinajstić information content (AvgIpc) is 3.44. The minimum absolute atomic E-state index is 0.150. The monoisotopic (exact) mass is 594 g/mol. The Hall–Kier alpha value is -3.88. The number of nitrogens with two attached hydrogens (primary N) is 1. The molecule has 3 aromatic carbocycles. The van der Waals surface area contributed by atoms with Gasteiger partial charge in [-0.2, -0.15) is 0 Å². The molecule has 4 aromatic rings. The van der Waals surface area contributed by atoms with E-state index in [0.29, 0.717) is 26.0 Å². The van der Waals surface area contributed by atoms with Gasteiger partial charge in [0.15, 0.2) is 0 Å². The van der Waals surface area contributed by atoms with Gasteiger partial charge in [0.25, 0.3) is 0 Å². The normalized spacial score (nSPS) is 18.1. The highest BCUT2D eigenvalue weighted by Crippen LogP contribution is 2.30. The molecule has 2 fully saturated rings. The van der Waals surface area contributed by atoms with E-state index in [2.05, 4.69) is 87.2 Å². The first-order valence-corrected chi connectivity index (χ1v) is 16.2. The number of aromatic nitrogens is 2. The molecule has 2 saturated heterocycles. The van der Waals surface area contributed by atoms with E-state index < -0.39 is 0 Å². The third kappa shape index (κ3) is 7.08. The number of rotatable bonds is 11. The van der Waals surface area contributed by atoms with Crippen molar-refractivity contribution in [3.8, 4) is 0 Å². The molecule has 8 nitrogen and oxygen atoms in total. The van der Waals surface area contributed by atoms with Gasteiger partial charge < -0.3 is 29.7 Å². The van der Waals surface area contributed by atoms with Crippen LogP contribution in [0.3, 0.4) is 0 Å². The molecule has 44 heavy (non-hydrogen) atoms. The second kappa shape index (κ2) is 14.3. The van der Waals surface area contributed by atoms with E-state index in [-0.39, 0.29) is 17.9 Å². The fraction of sp³-hybridized carbons (Fsp3) is 0.444. The molecule has 0 aliphatic carbocycles. The van der Waals surface area contributed by atoms with Gasteiger partial charge in [-0.15, -0.1) is 0 Å². The van der Waals surface area contributed by atoms with Gasteiger partial charge in [-0.1, -0.05) is 42.5 Å². The summed E-state index contributed by atoms with van der Waals surface area (Å²) >= 11 is 0. The van der Waals surface area contributed by atoms with Crippen LogP contribution in [0.5, 0.6) is 0 Å². The van der Waals surface area contributed by atoms with Crippen LogP contribution in [0, 0.1) is 0 Å². The van der Waals surface area contributed by atoms with Crippen molar-refractivity contribution in [2.45, 2.75) is 50.6 Å². The van der Waals surface area contributed by atoms with Crippen molar-refractivity contribution >= 4 is 28.3 Å². The Morgan fingerprint density at radius 1 is 0.909 bits per heavy atom. The molecule has 2 aliphatic heterocycles. The zero-order valence-corrected chi connectivity index (χ0v) is 26.0. The van der Waals surface area contributed by atoms with Crippen LogP contribution in [0.2, 0.25) is 0 Å². The number of ether oxygens (including phenoxy) is 1. The predicted octanol–water partition coefficient (Wildman–Crippen LogP) is 5.07. The SMILES string of the molecule is COCCCn1c([C@@H]2CCCN(C(=O)C[C@H](N)Cc3ccc(N4CCN(c5ccccc5)CC4)cc3)C2)nc2ccccc21. The Balaban J connectivity index is 1.02. The molecule has 2 atom stereocenters. The van der Waals surface area contributed by atoms with Crippen molar-refractivity contribution in [2.75, 3.05) is 62.8 Å². The molecule has 3 heterocycles. The molecule has 2 aliphatic rings. The minimum Gasteiger partial charge on any atom is -0.385 e. The number of carbonyl (C=O) groups excluding carboxylic acids is 1. The highest BCUT2D eigenvalue weighted by molar-refractivity contribution is 5.78. The number of hydrogen-bond donors (Lipinski definition) is 1. The number of nitrogens with zero attached hydrogens (tertiary/aromatic N) is 5. The van der Waals surface area contributed by atoms with Crippen molar-refractivity contribution in [1.29, 1.82) is 0 Å². The zero-order valence-electron chi connectivity index (χ0n) is 26.0. The topological polar surface area (TPSA) is 79.9 Å². The summed E-state index contributed by atoms with van der Waals surface area (Å²) in [5, 5.41) is 0. The van der Waals surface area contributed by atoms with Crippen LogP contribution < -0.4 is 15.5 Å². The van der Waals surface area contributed by atoms with Crippen molar-refractivity contribution in [3.05, 3.63) is 90.3 Å². The number of piperazine rings is 1. The van der Waals surface area contributed by atoms with E-state index in [1.165, 1.54) is 16.9 Å². The highest BCUT2D eigenvalue weighted by Gasteiger charge is 2.29. The van der Waals surface area contributed by atoms with Crippen molar-refractivity contribution in [3.63, 3.8) is 0 Å². The maximum Gasteiger partial charge on any atom is 0.224 e. The average molecular weight is 595 g/mol. The van der Waals surface area contributed by atoms with Gasteiger partial charge >= 0.3 is 0 Å². The molecule has 0 unspecified atom stereocenters. The second-order valence-electron chi connectivity index (χ2n) is 12.3. The third-order valence-electron chi connectivity index (χ3n) is 9.19. The summed E-state index contributed by atoms with van der Waals surface area (Å²) in [5.41, 5.74) is 12.5. The number of piperidine rings is 1. The molecule has 8 heteroatoms. The van der Waals surface area contributed by atoms with Gasteiger partial charge in [-0.05, 0) is 67.6 Å². The number of amides is 1. The Morgan fingerprint density at radius 2 is 1.59 bits per heavy atom. The van der Waals surface area contributed by atoms with E-state index in [0.717, 1.165) is 75.4 Å². The van der Waals surface area contributed by atoms with Crippen molar-refractivity contribution < 1.29 is 9.53 Å². The van der Waals surface area contributed by atoms with Gasteiger partial charge in [-0.25, -0.2) is 4.98 Å². The maximum atomic E-state index is 13.4. The Bertz CT molecular complexity index is 1500. The number of anilines is 2. The van der Waals surface area contributed by atoms with E-state index in [4.69, 9.17) is 15.5 Å². The lowest BCUT2D eigenvalue weighted by Gasteiger charge is -2.37. The highest BCUT2D eigenvalue weighted by atomic mass is 16.5. The first-order chi connectivity index (χ1) is 21.6. The smallest absolute Gasteiger partial charge is 0.224 e. The van der Waals surface area contributed by atoms with Crippen LogP contribution >= 0.6 is 0 Å². The van der Waals surface area contributed by atoms with Gasteiger partial charge in [0.05, 0.1) is 11.0 Å². The lowest BCUT2D eigenvalue weighted by molar-refractivity contribution is -0.132. The number of likely N-dealkylation sites (tertiary alicyclic amines) is 1. The van der Waals surface area contributed by atoms with Crippen molar-refractivity contribution in [1.82, 2.24) is 14.5 Å². The molecule has 232 valence electrons.